The van der Waals surface area contributed by atoms with Crippen LogP contribution in [0.5, 0.6) is 0 Å². The van der Waals surface area contributed by atoms with Crippen molar-refractivity contribution in [1.29, 1.82) is 0 Å². The van der Waals surface area contributed by atoms with Gasteiger partial charge in [0, 0.05) is 25.7 Å². The van der Waals surface area contributed by atoms with Crippen molar-refractivity contribution in [3.05, 3.63) is 0 Å². The summed E-state index contributed by atoms with van der Waals surface area (Å²) in [6.07, 6.45) is 73.8. The number of aliphatic hydroxyl groups is 1. The van der Waals surface area contributed by atoms with Crippen LogP contribution in [0.3, 0.4) is 0 Å². The molecule has 106 heavy (non-hydrogen) atoms. The minimum atomic E-state index is -4.97. The topological polar surface area (TPSA) is 237 Å². The fourth-order valence-corrected chi connectivity index (χ4v) is 15.2. The van der Waals surface area contributed by atoms with Gasteiger partial charge in [0.15, 0.2) is 12.2 Å². The van der Waals surface area contributed by atoms with Gasteiger partial charge >= 0.3 is 39.5 Å². The number of carbonyl (C=O) groups excluding carboxylic acids is 4. The van der Waals surface area contributed by atoms with Crippen molar-refractivity contribution in [2.24, 2.45) is 5.92 Å². The van der Waals surface area contributed by atoms with Gasteiger partial charge in [0.25, 0.3) is 0 Å². The van der Waals surface area contributed by atoms with Gasteiger partial charge in [-0.05, 0) is 31.6 Å². The van der Waals surface area contributed by atoms with E-state index in [1.165, 1.54) is 295 Å². The molecule has 0 aliphatic carbocycles. The summed E-state index contributed by atoms with van der Waals surface area (Å²) in [7, 11) is -9.92. The Bertz CT molecular complexity index is 2010. The fraction of sp³-hybridized carbons (Fsp3) is 0.954. The van der Waals surface area contributed by atoms with Crippen LogP contribution in [0.1, 0.15) is 471 Å². The summed E-state index contributed by atoms with van der Waals surface area (Å²) in [6, 6.07) is 0. The van der Waals surface area contributed by atoms with Gasteiger partial charge in [-0.2, -0.15) is 0 Å². The van der Waals surface area contributed by atoms with E-state index in [0.717, 1.165) is 95.8 Å². The zero-order valence-corrected chi connectivity index (χ0v) is 71.4. The minimum Gasteiger partial charge on any atom is -0.462 e. The third kappa shape index (κ3) is 80.1. The van der Waals surface area contributed by atoms with Crippen LogP contribution >= 0.6 is 15.6 Å². The zero-order valence-electron chi connectivity index (χ0n) is 69.6. The van der Waals surface area contributed by atoms with E-state index in [-0.39, 0.29) is 25.7 Å². The molecule has 3 N–H and O–H groups in total. The number of carbonyl (C=O) groups is 4. The molecule has 0 saturated heterocycles. The van der Waals surface area contributed by atoms with Crippen LogP contribution in [-0.4, -0.2) is 96.7 Å². The number of phosphoric ester groups is 2. The van der Waals surface area contributed by atoms with Gasteiger partial charge in [0.1, 0.15) is 19.3 Å². The van der Waals surface area contributed by atoms with E-state index >= 15 is 0 Å². The van der Waals surface area contributed by atoms with Crippen molar-refractivity contribution in [3.8, 4) is 0 Å². The van der Waals surface area contributed by atoms with E-state index in [1.54, 1.807) is 0 Å². The predicted molar refractivity (Wildman–Crippen MR) is 437 cm³/mol. The lowest BCUT2D eigenvalue weighted by atomic mass is 10.0. The Morgan fingerprint density at radius 3 is 0.642 bits per heavy atom. The Balaban J connectivity index is 5.18. The number of ether oxygens (including phenoxy) is 4. The third-order valence-corrected chi connectivity index (χ3v) is 22.4. The second-order valence-corrected chi connectivity index (χ2v) is 34.7. The third-order valence-electron chi connectivity index (χ3n) is 20.5. The maximum Gasteiger partial charge on any atom is 0.472 e. The quantitative estimate of drug-likeness (QED) is 0.0222. The van der Waals surface area contributed by atoms with Crippen molar-refractivity contribution in [2.45, 2.75) is 490 Å². The molecular weight excluding hydrogens is 1380 g/mol. The summed E-state index contributed by atoms with van der Waals surface area (Å²) < 4.78 is 68.8. The second kappa shape index (κ2) is 79.7. The molecule has 630 valence electrons. The first-order chi connectivity index (χ1) is 51.5. The Kier molecular flexibility index (Phi) is 78.2. The molecule has 0 aromatic heterocycles. The number of hydrogen-bond donors (Lipinski definition) is 3. The molecule has 0 heterocycles. The minimum absolute atomic E-state index is 0.109. The molecule has 0 saturated carbocycles. The highest BCUT2D eigenvalue weighted by Gasteiger charge is 2.30. The molecule has 0 spiro atoms. The van der Waals surface area contributed by atoms with E-state index in [1.807, 2.05) is 0 Å². The maximum absolute atomic E-state index is 13.1. The van der Waals surface area contributed by atoms with Crippen molar-refractivity contribution in [2.75, 3.05) is 39.6 Å². The van der Waals surface area contributed by atoms with Crippen molar-refractivity contribution >= 4 is 39.5 Å². The fourth-order valence-electron chi connectivity index (χ4n) is 13.6. The first-order valence-corrected chi connectivity index (χ1v) is 48.1. The summed E-state index contributed by atoms with van der Waals surface area (Å²) in [5.74, 6) is -1.28. The molecule has 0 radical (unpaired) electrons. The molecule has 19 heteroatoms. The molecule has 0 bridgehead atoms. The summed E-state index contributed by atoms with van der Waals surface area (Å²) in [5.41, 5.74) is 0. The number of aliphatic hydroxyl groups excluding tert-OH is 1. The van der Waals surface area contributed by atoms with E-state index in [4.69, 9.17) is 37.0 Å². The first kappa shape index (κ1) is 104. The lowest BCUT2D eigenvalue weighted by molar-refractivity contribution is -0.161. The van der Waals surface area contributed by atoms with E-state index < -0.39 is 97.5 Å². The highest BCUT2D eigenvalue weighted by molar-refractivity contribution is 7.47. The van der Waals surface area contributed by atoms with Crippen LogP contribution < -0.4 is 0 Å². The standard InChI is InChI=1S/C87H170O17P2/c1-6-9-12-15-18-21-23-25-27-29-31-36-39-43-47-51-56-61-66-71-85(90)98-77-83(104-87(92)73-68-63-58-53-49-45-41-37-33-32-34-38-42-46-50-54-59-64-69-80(4)5)79-102-106(95,96)100-75-81(88)74-99-105(93,94)101-78-82(76-97-84(89)70-65-60-55-20-17-14-11-8-3)103-86(91)72-67-62-57-52-48-44-40-35-30-28-26-24-22-19-16-13-10-7-2/h80-83,88H,6-79H2,1-5H3,(H,93,94)(H,95,96)/t81-,82+,83+/m0/s1. The van der Waals surface area contributed by atoms with Gasteiger partial charge in [0.2, 0.25) is 0 Å². The molecule has 2 unspecified atom stereocenters. The molecule has 0 aliphatic heterocycles. The zero-order chi connectivity index (χ0) is 77.6. The van der Waals surface area contributed by atoms with Crippen LogP contribution in [0, 0.1) is 5.92 Å². The number of hydrogen-bond acceptors (Lipinski definition) is 15. The summed E-state index contributed by atoms with van der Waals surface area (Å²) >= 11 is 0. The van der Waals surface area contributed by atoms with E-state index in [0.29, 0.717) is 25.7 Å². The largest absolute Gasteiger partial charge is 0.472 e. The average Bonchev–Trinajstić information content (AvgIpc) is 0.905. The summed E-state index contributed by atoms with van der Waals surface area (Å²) in [5, 5.41) is 10.7. The summed E-state index contributed by atoms with van der Waals surface area (Å²) in [4.78, 5) is 73.2. The molecule has 17 nitrogen and oxygen atoms in total. The smallest absolute Gasteiger partial charge is 0.462 e. The second-order valence-electron chi connectivity index (χ2n) is 31.8. The highest BCUT2D eigenvalue weighted by Crippen LogP contribution is 2.45. The molecular formula is C87H170O17P2. The maximum atomic E-state index is 13.1. The number of rotatable bonds is 87. The number of esters is 4. The normalized spacial score (nSPS) is 13.7. The SMILES string of the molecule is CCCCCCCCCCCCCCCCCCCCCC(=O)OC[C@H](COP(=O)(O)OC[C@@H](O)COP(=O)(O)OC[C@@H](COC(=O)CCCCCCCCCC)OC(=O)CCCCCCCCCCCCCCCCCCCC)OC(=O)CCCCCCCCCCCCCCCCCCCCC(C)C. The lowest BCUT2D eigenvalue weighted by Gasteiger charge is -2.21. The van der Waals surface area contributed by atoms with Crippen LogP contribution in [0.15, 0.2) is 0 Å². The van der Waals surface area contributed by atoms with Gasteiger partial charge in [-0.3, -0.25) is 37.3 Å². The van der Waals surface area contributed by atoms with Gasteiger partial charge in [-0.25, -0.2) is 9.13 Å². The molecule has 0 aliphatic rings. The molecule has 0 aromatic carbocycles. The Morgan fingerprint density at radius 1 is 0.255 bits per heavy atom. The van der Waals surface area contributed by atoms with Crippen LogP contribution in [0.25, 0.3) is 0 Å². The monoisotopic (exact) mass is 1550 g/mol. The van der Waals surface area contributed by atoms with Crippen LogP contribution in [0.2, 0.25) is 0 Å². The number of unbranched alkanes of at least 4 members (excludes halogenated alkanes) is 59. The van der Waals surface area contributed by atoms with Gasteiger partial charge < -0.3 is 33.8 Å². The van der Waals surface area contributed by atoms with Crippen molar-refractivity contribution in [3.63, 3.8) is 0 Å². The molecule has 0 fully saturated rings. The Morgan fingerprint density at radius 2 is 0.434 bits per heavy atom. The Hall–Kier alpha value is -1.94. The van der Waals surface area contributed by atoms with Crippen LogP contribution in [0.4, 0.5) is 0 Å². The van der Waals surface area contributed by atoms with Gasteiger partial charge in [0.05, 0.1) is 26.4 Å². The van der Waals surface area contributed by atoms with Crippen molar-refractivity contribution in [1.82, 2.24) is 0 Å². The first-order valence-electron chi connectivity index (χ1n) is 45.1. The molecule has 0 aromatic rings. The number of phosphoric acid groups is 2. The molecule has 5 atom stereocenters. The summed E-state index contributed by atoms with van der Waals surface area (Å²) in [6.45, 7) is 7.38. The van der Waals surface area contributed by atoms with E-state index in [2.05, 4.69) is 34.6 Å². The predicted octanol–water partition coefficient (Wildman–Crippen LogP) is 26.8. The van der Waals surface area contributed by atoms with Crippen molar-refractivity contribution < 1.29 is 80.2 Å². The lowest BCUT2D eigenvalue weighted by Crippen LogP contribution is -2.30. The molecule has 0 amide bonds. The van der Waals surface area contributed by atoms with E-state index in [9.17, 15) is 43.2 Å². The van der Waals surface area contributed by atoms with Gasteiger partial charge in [-0.15, -0.1) is 0 Å². The molecule has 0 rings (SSSR count). The van der Waals surface area contributed by atoms with Crippen LogP contribution in [-0.2, 0) is 65.4 Å². The average molecular weight is 1550 g/mol. The highest BCUT2D eigenvalue weighted by atomic mass is 31.2. The Labute approximate surface area is 651 Å². The van der Waals surface area contributed by atoms with Gasteiger partial charge in [-0.1, -0.05) is 420 Å².